The van der Waals surface area contributed by atoms with E-state index in [0.717, 1.165) is 29.4 Å². The van der Waals surface area contributed by atoms with Crippen molar-refractivity contribution >= 4 is 17.6 Å². The molecule has 1 aromatic heterocycles. The van der Waals surface area contributed by atoms with Crippen molar-refractivity contribution in [3.8, 4) is 0 Å². The van der Waals surface area contributed by atoms with Gasteiger partial charge in [-0.25, -0.2) is 9.37 Å². The van der Waals surface area contributed by atoms with Crippen LogP contribution in [0.1, 0.15) is 18.9 Å². The number of benzene rings is 1. The quantitative estimate of drug-likeness (QED) is 0.795. The molecule has 2 aromatic rings. The maximum absolute atomic E-state index is 13.1. The number of hydrogen-bond donors (Lipinski definition) is 1. The molecule has 1 heterocycles. The Labute approximate surface area is 117 Å². The number of halogens is 1. The molecule has 1 aromatic carbocycles. The second-order valence-electron chi connectivity index (χ2n) is 4.22. The van der Waals surface area contributed by atoms with Crippen molar-refractivity contribution in [3.63, 3.8) is 0 Å². The molecule has 0 saturated heterocycles. The van der Waals surface area contributed by atoms with Crippen LogP contribution in [0.3, 0.4) is 0 Å². The second-order valence-corrected chi connectivity index (χ2v) is 5.27. The molecule has 1 N–H and O–H groups in total. The molecular weight excluding hydrogens is 259 g/mol. The van der Waals surface area contributed by atoms with Crippen LogP contribution in [-0.4, -0.2) is 11.5 Å². The number of aromatic nitrogens is 1. The predicted octanol–water partition coefficient (Wildman–Crippen LogP) is 4.33. The molecule has 0 atom stereocenters. The highest BCUT2D eigenvalue weighted by Gasteiger charge is 2.00. The summed E-state index contributed by atoms with van der Waals surface area (Å²) in [4.78, 5) is 5.21. The van der Waals surface area contributed by atoms with Crippen LogP contribution in [0.5, 0.6) is 0 Å². The van der Waals surface area contributed by atoms with E-state index >= 15 is 0 Å². The largest absolute Gasteiger partial charge is 0.370 e. The first-order valence-corrected chi connectivity index (χ1v) is 7.33. The summed E-state index contributed by atoms with van der Waals surface area (Å²) in [5.41, 5.74) is 1.18. The van der Waals surface area contributed by atoms with Crippen LogP contribution >= 0.6 is 11.8 Å². The van der Waals surface area contributed by atoms with Crippen LogP contribution in [0.4, 0.5) is 10.2 Å². The number of hydrogen-bond acceptors (Lipinski definition) is 3. The molecule has 0 aliphatic heterocycles. The average molecular weight is 276 g/mol. The summed E-state index contributed by atoms with van der Waals surface area (Å²) in [5, 5.41) is 3.26. The Hall–Kier alpha value is -1.55. The first kappa shape index (κ1) is 13.9. The SMILES string of the molecule is CCCNc1cc(CSc2cccc(F)c2)ccn1. The number of nitrogens with zero attached hydrogens (tertiary/aromatic N) is 1. The van der Waals surface area contributed by atoms with E-state index in [9.17, 15) is 4.39 Å². The van der Waals surface area contributed by atoms with Gasteiger partial charge in [0, 0.05) is 23.4 Å². The molecule has 2 rings (SSSR count). The third-order valence-electron chi connectivity index (χ3n) is 2.58. The van der Waals surface area contributed by atoms with E-state index in [2.05, 4.69) is 17.2 Å². The van der Waals surface area contributed by atoms with Gasteiger partial charge in [0.1, 0.15) is 11.6 Å². The summed E-state index contributed by atoms with van der Waals surface area (Å²) in [6.07, 6.45) is 2.88. The standard InChI is InChI=1S/C15H17FN2S/c1-2-7-17-15-9-12(6-8-18-15)11-19-14-5-3-4-13(16)10-14/h3-6,8-10H,2,7,11H2,1H3,(H,17,18). The van der Waals surface area contributed by atoms with E-state index in [0.29, 0.717) is 0 Å². The van der Waals surface area contributed by atoms with Gasteiger partial charge in [0.15, 0.2) is 0 Å². The highest BCUT2D eigenvalue weighted by Crippen LogP contribution is 2.23. The minimum absolute atomic E-state index is 0.190. The highest BCUT2D eigenvalue weighted by atomic mass is 32.2. The van der Waals surface area contributed by atoms with E-state index in [-0.39, 0.29) is 5.82 Å². The van der Waals surface area contributed by atoms with Gasteiger partial charge in [0.05, 0.1) is 0 Å². The molecule has 0 bridgehead atoms. The van der Waals surface area contributed by atoms with E-state index in [1.807, 2.05) is 18.2 Å². The Bertz CT molecular complexity index is 531. The highest BCUT2D eigenvalue weighted by molar-refractivity contribution is 7.98. The summed E-state index contributed by atoms with van der Waals surface area (Å²) >= 11 is 1.62. The smallest absolute Gasteiger partial charge is 0.126 e. The number of thioether (sulfide) groups is 1. The van der Waals surface area contributed by atoms with Gasteiger partial charge < -0.3 is 5.32 Å². The van der Waals surface area contributed by atoms with Gasteiger partial charge in [-0.15, -0.1) is 11.8 Å². The molecule has 0 spiro atoms. The van der Waals surface area contributed by atoms with Crippen LogP contribution in [0.2, 0.25) is 0 Å². The molecule has 0 amide bonds. The summed E-state index contributed by atoms with van der Waals surface area (Å²) in [6.45, 7) is 3.05. The predicted molar refractivity (Wildman–Crippen MR) is 79.0 cm³/mol. The minimum Gasteiger partial charge on any atom is -0.370 e. The Balaban J connectivity index is 1.95. The second kappa shape index (κ2) is 7.14. The van der Waals surface area contributed by atoms with Crippen LogP contribution in [0.15, 0.2) is 47.5 Å². The van der Waals surface area contributed by atoms with Gasteiger partial charge in [-0.1, -0.05) is 13.0 Å². The van der Waals surface area contributed by atoms with Gasteiger partial charge in [0.2, 0.25) is 0 Å². The summed E-state index contributed by atoms with van der Waals surface area (Å²) in [7, 11) is 0. The maximum Gasteiger partial charge on any atom is 0.126 e. The monoisotopic (exact) mass is 276 g/mol. The van der Waals surface area contributed by atoms with Gasteiger partial charge in [-0.3, -0.25) is 0 Å². The zero-order valence-corrected chi connectivity index (χ0v) is 11.7. The van der Waals surface area contributed by atoms with Crippen molar-refractivity contribution < 1.29 is 4.39 Å². The molecule has 0 unspecified atom stereocenters. The van der Waals surface area contributed by atoms with E-state index < -0.39 is 0 Å². The number of rotatable bonds is 6. The average Bonchev–Trinajstić information content (AvgIpc) is 2.43. The van der Waals surface area contributed by atoms with Crippen molar-refractivity contribution in [3.05, 3.63) is 54.0 Å². The van der Waals surface area contributed by atoms with Crippen LogP contribution in [0.25, 0.3) is 0 Å². The molecule has 2 nitrogen and oxygen atoms in total. The van der Waals surface area contributed by atoms with E-state index in [1.165, 1.54) is 11.6 Å². The van der Waals surface area contributed by atoms with E-state index in [1.54, 1.807) is 30.1 Å². The lowest BCUT2D eigenvalue weighted by Gasteiger charge is -2.06. The summed E-state index contributed by atoms with van der Waals surface area (Å²) < 4.78 is 13.1. The fourth-order valence-corrected chi connectivity index (χ4v) is 2.52. The van der Waals surface area contributed by atoms with Crippen molar-refractivity contribution in [1.82, 2.24) is 4.98 Å². The molecule has 19 heavy (non-hydrogen) atoms. The number of pyridine rings is 1. The Morgan fingerprint density at radius 2 is 2.16 bits per heavy atom. The van der Waals surface area contributed by atoms with Gasteiger partial charge in [0.25, 0.3) is 0 Å². The van der Waals surface area contributed by atoms with Crippen LogP contribution < -0.4 is 5.32 Å². The molecule has 4 heteroatoms. The Morgan fingerprint density at radius 1 is 1.26 bits per heavy atom. The number of nitrogens with one attached hydrogen (secondary N) is 1. The zero-order chi connectivity index (χ0) is 13.5. The molecule has 0 radical (unpaired) electrons. The minimum atomic E-state index is -0.190. The van der Waals surface area contributed by atoms with Crippen LogP contribution in [0, 0.1) is 5.82 Å². The maximum atomic E-state index is 13.1. The molecule has 0 saturated carbocycles. The Morgan fingerprint density at radius 3 is 2.95 bits per heavy atom. The van der Waals surface area contributed by atoms with Crippen molar-refractivity contribution in [2.45, 2.75) is 24.0 Å². The third-order valence-corrected chi connectivity index (χ3v) is 3.65. The topological polar surface area (TPSA) is 24.9 Å². The molecule has 100 valence electrons. The fraction of sp³-hybridized carbons (Fsp3) is 0.267. The lowest BCUT2D eigenvalue weighted by atomic mass is 10.3. The van der Waals surface area contributed by atoms with Gasteiger partial charge in [-0.2, -0.15) is 0 Å². The van der Waals surface area contributed by atoms with E-state index in [4.69, 9.17) is 0 Å². The molecule has 0 fully saturated rings. The fourth-order valence-electron chi connectivity index (χ4n) is 1.64. The Kier molecular flexibility index (Phi) is 5.21. The molecule has 0 aliphatic carbocycles. The molecular formula is C15H17FN2S. The lowest BCUT2D eigenvalue weighted by molar-refractivity contribution is 0.624. The van der Waals surface area contributed by atoms with Crippen molar-refractivity contribution in [1.29, 1.82) is 0 Å². The normalized spacial score (nSPS) is 10.4. The lowest BCUT2D eigenvalue weighted by Crippen LogP contribution is -2.01. The molecule has 0 aliphatic rings. The number of anilines is 1. The zero-order valence-electron chi connectivity index (χ0n) is 10.9. The van der Waals surface area contributed by atoms with Gasteiger partial charge >= 0.3 is 0 Å². The van der Waals surface area contributed by atoms with Crippen LogP contribution in [-0.2, 0) is 5.75 Å². The van der Waals surface area contributed by atoms with Crippen molar-refractivity contribution in [2.75, 3.05) is 11.9 Å². The summed E-state index contributed by atoms with van der Waals surface area (Å²) in [6, 6.07) is 10.7. The summed E-state index contributed by atoms with van der Waals surface area (Å²) in [5.74, 6) is 1.52. The van der Waals surface area contributed by atoms with Gasteiger partial charge in [-0.05, 0) is 42.3 Å². The first-order chi connectivity index (χ1) is 9.28. The first-order valence-electron chi connectivity index (χ1n) is 6.35. The third kappa shape index (κ3) is 4.56. The van der Waals surface area contributed by atoms with Crippen molar-refractivity contribution in [2.24, 2.45) is 0 Å².